The molecule has 1 aromatic heterocycles. The molecule has 0 saturated heterocycles. The molecule has 1 aromatic carbocycles. The average molecular weight is 173 g/mol. The lowest BCUT2D eigenvalue weighted by Gasteiger charge is -1.99. The molecule has 1 N–H and O–H groups in total. The molecule has 3 heteroatoms. The quantitative estimate of drug-likeness (QED) is 0.668. The molecule has 0 amide bonds. The Labute approximate surface area is 74.7 Å². The first kappa shape index (κ1) is 7.73. The molecule has 2 aromatic rings. The highest BCUT2D eigenvalue weighted by atomic mass is 16.3. The zero-order chi connectivity index (χ0) is 9.26. The number of rotatable bonds is 1. The maximum absolute atomic E-state index is 10.4. The van der Waals surface area contributed by atoms with E-state index < -0.39 is 0 Å². The van der Waals surface area contributed by atoms with Crippen molar-refractivity contribution in [3.05, 3.63) is 36.2 Å². The second-order valence-electron chi connectivity index (χ2n) is 2.73. The predicted molar refractivity (Wildman–Crippen MR) is 48.8 cm³/mol. The van der Waals surface area contributed by atoms with Gasteiger partial charge in [-0.25, -0.2) is 0 Å². The first-order valence-corrected chi connectivity index (χ1v) is 3.84. The number of phenolic OH excluding ortho intramolecular Hbond substituents is 1. The van der Waals surface area contributed by atoms with Gasteiger partial charge in [-0.15, -0.1) is 0 Å². The normalized spacial score (nSPS) is 10.2. The van der Waals surface area contributed by atoms with Crippen molar-refractivity contribution in [1.29, 1.82) is 0 Å². The van der Waals surface area contributed by atoms with E-state index in [9.17, 15) is 9.90 Å². The third-order valence-corrected chi connectivity index (χ3v) is 1.88. The first-order chi connectivity index (χ1) is 6.31. The van der Waals surface area contributed by atoms with Crippen LogP contribution in [0.3, 0.4) is 0 Å². The summed E-state index contributed by atoms with van der Waals surface area (Å²) in [6.07, 6.45) is 2.18. The van der Waals surface area contributed by atoms with Crippen LogP contribution < -0.4 is 0 Å². The van der Waals surface area contributed by atoms with Crippen molar-refractivity contribution in [2.75, 3.05) is 0 Å². The number of carbonyl (C=O) groups is 1. The monoisotopic (exact) mass is 173 g/mol. The van der Waals surface area contributed by atoms with Crippen molar-refractivity contribution >= 4 is 17.1 Å². The minimum absolute atomic E-state index is 0.183. The summed E-state index contributed by atoms with van der Waals surface area (Å²) in [5, 5.41) is 10.9. The Balaban J connectivity index is 2.79. The summed E-state index contributed by atoms with van der Waals surface area (Å²) >= 11 is 0. The minimum Gasteiger partial charge on any atom is -0.507 e. The van der Waals surface area contributed by atoms with E-state index in [2.05, 4.69) is 4.98 Å². The third-order valence-electron chi connectivity index (χ3n) is 1.88. The van der Waals surface area contributed by atoms with Crippen LogP contribution in [0.15, 0.2) is 30.5 Å². The van der Waals surface area contributed by atoms with Gasteiger partial charge in [0.15, 0.2) is 6.29 Å². The predicted octanol–water partition coefficient (Wildman–Crippen LogP) is 1.75. The molecule has 0 bridgehead atoms. The van der Waals surface area contributed by atoms with E-state index in [1.54, 1.807) is 18.2 Å². The van der Waals surface area contributed by atoms with Crippen LogP contribution in [0.1, 0.15) is 10.5 Å². The number of benzene rings is 1. The fraction of sp³-hybridized carbons (Fsp3) is 0. The fourth-order valence-electron chi connectivity index (χ4n) is 1.24. The van der Waals surface area contributed by atoms with E-state index in [4.69, 9.17) is 0 Å². The summed E-state index contributed by atoms with van der Waals surface area (Å²) in [7, 11) is 0. The maximum atomic E-state index is 10.4. The average Bonchev–Trinajstić information content (AvgIpc) is 2.18. The van der Waals surface area contributed by atoms with Crippen LogP contribution in [-0.2, 0) is 0 Å². The molecular formula is C10H7NO2. The second kappa shape index (κ2) is 2.86. The van der Waals surface area contributed by atoms with Crippen LogP contribution in [0, 0.1) is 0 Å². The molecule has 0 fully saturated rings. The number of hydrogen-bond acceptors (Lipinski definition) is 3. The highest BCUT2D eigenvalue weighted by molar-refractivity contribution is 5.90. The highest BCUT2D eigenvalue weighted by Gasteiger charge is 1.99. The molecule has 0 radical (unpaired) electrons. The topological polar surface area (TPSA) is 50.2 Å². The SMILES string of the molecule is O=Cc1cc2cccc(O)c2cn1. The Morgan fingerprint density at radius 1 is 1.38 bits per heavy atom. The van der Waals surface area contributed by atoms with Gasteiger partial charge in [-0.3, -0.25) is 9.78 Å². The maximum Gasteiger partial charge on any atom is 0.168 e. The number of fused-ring (bicyclic) bond motifs is 1. The minimum atomic E-state index is 0.183. The van der Waals surface area contributed by atoms with Gasteiger partial charge in [-0.2, -0.15) is 0 Å². The van der Waals surface area contributed by atoms with Gasteiger partial charge in [0.2, 0.25) is 0 Å². The van der Waals surface area contributed by atoms with E-state index in [1.165, 1.54) is 6.20 Å². The Kier molecular flexibility index (Phi) is 1.70. The molecular weight excluding hydrogens is 166 g/mol. The molecule has 0 spiro atoms. The van der Waals surface area contributed by atoms with Gasteiger partial charge in [0, 0.05) is 11.6 Å². The van der Waals surface area contributed by atoms with E-state index in [1.807, 2.05) is 6.07 Å². The van der Waals surface area contributed by atoms with E-state index in [0.29, 0.717) is 17.4 Å². The van der Waals surface area contributed by atoms with Crippen molar-refractivity contribution in [3.63, 3.8) is 0 Å². The van der Waals surface area contributed by atoms with Crippen LogP contribution in [0.5, 0.6) is 5.75 Å². The molecule has 0 atom stereocenters. The van der Waals surface area contributed by atoms with Gasteiger partial charge >= 0.3 is 0 Å². The highest BCUT2D eigenvalue weighted by Crippen LogP contribution is 2.23. The van der Waals surface area contributed by atoms with Crippen molar-refractivity contribution < 1.29 is 9.90 Å². The molecule has 2 rings (SSSR count). The molecule has 1 heterocycles. The number of phenols is 1. The molecule has 0 aliphatic rings. The van der Waals surface area contributed by atoms with Gasteiger partial charge < -0.3 is 5.11 Å². The summed E-state index contributed by atoms with van der Waals surface area (Å²) < 4.78 is 0. The van der Waals surface area contributed by atoms with E-state index in [-0.39, 0.29) is 5.75 Å². The molecule has 3 nitrogen and oxygen atoms in total. The molecule has 64 valence electrons. The lowest BCUT2D eigenvalue weighted by Crippen LogP contribution is -1.85. The number of aldehydes is 1. The first-order valence-electron chi connectivity index (χ1n) is 3.84. The lowest BCUT2D eigenvalue weighted by molar-refractivity contribution is 0.111. The van der Waals surface area contributed by atoms with E-state index >= 15 is 0 Å². The van der Waals surface area contributed by atoms with Gasteiger partial charge in [0.05, 0.1) is 0 Å². The summed E-state index contributed by atoms with van der Waals surface area (Å²) in [6.45, 7) is 0. The van der Waals surface area contributed by atoms with Crippen LogP contribution in [0.25, 0.3) is 10.8 Å². The number of aromatic hydroxyl groups is 1. The Hall–Kier alpha value is -1.90. The number of nitrogens with zero attached hydrogens (tertiary/aromatic N) is 1. The third kappa shape index (κ3) is 1.24. The summed E-state index contributed by atoms with van der Waals surface area (Å²) in [5.74, 6) is 0.183. The van der Waals surface area contributed by atoms with Crippen molar-refractivity contribution in [3.8, 4) is 5.75 Å². The van der Waals surface area contributed by atoms with E-state index in [0.717, 1.165) is 5.39 Å². The Bertz CT molecular complexity index is 465. The second-order valence-corrected chi connectivity index (χ2v) is 2.73. The molecule has 0 unspecified atom stereocenters. The summed E-state index contributed by atoms with van der Waals surface area (Å²) in [6, 6.07) is 6.78. The van der Waals surface area contributed by atoms with Gasteiger partial charge in [-0.05, 0) is 17.5 Å². The lowest BCUT2D eigenvalue weighted by atomic mass is 10.1. The van der Waals surface area contributed by atoms with Gasteiger partial charge in [0.1, 0.15) is 11.4 Å². The molecule has 0 saturated carbocycles. The largest absolute Gasteiger partial charge is 0.507 e. The number of pyridine rings is 1. The van der Waals surface area contributed by atoms with Crippen molar-refractivity contribution in [2.45, 2.75) is 0 Å². The smallest absolute Gasteiger partial charge is 0.168 e. The molecule has 0 aliphatic carbocycles. The number of carbonyl (C=O) groups excluding carboxylic acids is 1. The van der Waals surface area contributed by atoms with Gasteiger partial charge in [-0.1, -0.05) is 12.1 Å². The van der Waals surface area contributed by atoms with Gasteiger partial charge in [0.25, 0.3) is 0 Å². The van der Waals surface area contributed by atoms with Crippen molar-refractivity contribution in [2.24, 2.45) is 0 Å². The zero-order valence-electron chi connectivity index (χ0n) is 6.77. The van der Waals surface area contributed by atoms with Crippen LogP contribution >= 0.6 is 0 Å². The number of hydrogen-bond donors (Lipinski definition) is 1. The Morgan fingerprint density at radius 3 is 3.00 bits per heavy atom. The zero-order valence-corrected chi connectivity index (χ0v) is 6.77. The van der Waals surface area contributed by atoms with Crippen LogP contribution in [0.2, 0.25) is 0 Å². The van der Waals surface area contributed by atoms with Crippen molar-refractivity contribution in [1.82, 2.24) is 4.98 Å². The summed E-state index contributed by atoms with van der Waals surface area (Å²) in [4.78, 5) is 14.3. The summed E-state index contributed by atoms with van der Waals surface area (Å²) in [5.41, 5.74) is 0.373. The standard InChI is InChI=1S/C10H7NO2/c12-6-8-4-7-2-1-3-10(13)9(7)5-11-8/h1-6,13H. The Morgan fingerprint density at radius 2 is 2.23 bits per heavy atom. The number of aromatic nitrogens is 1. The fourth-order valence-corrected chi connectivity index (χ4v) is 1.24. The van der Waals surface area contributed by atoms with Crippen LogP contribution in [-0.4, -0.2) is 16.4 Å². The molecule has 0 aliphatic heterocycles. The molecule has 13 heavy (non-hydrogen) atoms. The van der Waals surface area contributed by atoms with Crippen LogP contribution in [0.4, 0.5) is 0 Å².